The maximum absolute atomic E-state index is 9.68. The van der Waals surface area contributed by atoms with Crippen LogP contribution in [0.25, 0.3) is 0 Å². The third-order valence-electron chi connectivity index (χ3n) is 1.89. The number of nitrogens with two attached hydrogens (primary N) is 1. The number of phenols is 1. The standard InChI is InChI=1S/C9H13NO2/c1-9(12,6-10)7-2-4-8(11)5-3-7/h2-5,11-12H,6,10H2,1H3. The molecule has 0 bridgehead atoms. The molecule has 1 aromatic carbocycles. The Morgan fingerprint density at radius 3 is 2.25 bits per heavy atom. The smallest absolute Gasteiger partial charge is 0.115 e. The molecule has 0 spiro atoms. The zero-order valence-electron chi connectivity index (χ0n) is 6.99. The topological polar surface area (TPSA) is 66.5 Å². The molecule has 1 aromatic rings. The van der Waals surface area contributed by atoms with E-state index in [1.165, 1.54) is 12.1 Å². The molecule has 0 amide bonds. The van der Waals surface area contributed by atoms with Gasteiger partial charge in [0.2, 0.25) is 0 Å². The molecule has 1 unspecified atom stereocenters. The lowest BCUT2D eigenvalue weighted by Crippen LogP contribution is -2.31. The lowest BCUT2D eigenvalue weighted by Gasteiger charge is -2.21. The number of benzene rings is 1. The van der Waals surface area contributed by atoms with Gasteiger partial charge in [0.1, 0.15) is 5.75 Å². The van der Waals surface area contributed by atoms with E-state index in [0.717, 1.165) is 0 Å². The molecule has 0 radical (unpaired) electrons. The molecule has 4 N–H and O–H groups in total. The summed E-state index contributed by atoms with van der Waals surface area (Å²) in [6, 6.07) is 6.36. The number of rotatable bonds is 2. The van der Waals surface area contributed by atoms with E-state index in [2.05, 4.69) is 0 Å². The van der Waals surface area contributed by atoms with Gasteiger partial charge in [-0.05, 0) is 24.6 Å². The Morgan fingerprint density at radius 2 is 1.83 bits per heavy atom. The second-order valence-electron chi connectivity index (χ2n) is 3.02. The van der Waals surface area contributed by atoms with E-state index >= 15 is 0 Å². The van der Waals surface area contributed by atoms with E-state index in [0.29, 0.717) is 5.56 Å². The summed E-state index contributed by atoms with van der Waals surface area (Å²) in [7, 11) is 0. The lowest BCUT2D eigenvalue weighted by molar-refractivity contribution is 0.0668. The van der Waals surface area contributed by atoms with Crippen molar-refractivity contribution in [3.63, 3.8) is 0 Å². The van der Waals surface area contributed by atoms with Crippen molar-refractivity contribution in [2.75, 3.05) is 6.54 Å². The maximum atomic E-state index is 9.68. The summed E-state index contributed by atoms with van der Waals surface area (Å²) >= 11 is 0. The van der Waals surface area contributed by atoms with Crippen LogP contribution < -0.4 is 5.73 Å². The third kappa shape index (κ3) is 1.75. The highest BCUT2D eigenvalue weighted by Gasteiger charge is 2.20. The molecule has 3 heteroatoms. The maximum Gasteiger partial charge on any atom is 0.115 e. The molecule has 1 rings (SSSR count). The minimum absolute atomic E-state index is 0.164. The van der Waals surface area contributed by atoms with Crippen molar-refractivity contribution in [2.24, 2.45) is 5.73 Å². The monoisotopic (exact) mass is 167 g/mol. The van der Waals surface area contributed by atoms with Crippen LogP contribution in [0.15, 0.2) is 24.3 Å². The summed E-state index contributed by atoms with van der Waals surface area (Å²) in [6.45, 7) is 1.80. The summed E-state index contributed by atoms with van der Waals surface area (Å²) in [5.74, 6) is 0.187. The first-order valence-corrected chi connectivity index (χ1v) is 3.78. The van der Waals surface area contributed by atoms with Crippen LogP contribution in [0.2, 0.25) is 0 Å². The van der Waals surface area contributed by atoms with Gasteiger partial charge >= 0.3 is 0 Å². The molecular weight excluding hydrogens is 154 g/mol. The molecule has 0 saturated carbocycles. The van der Waals surface area contributed by atoms with Gasteiger partial charge in [0.05, 0.1) is 5.60 Å². The van der Waals surface area contributed by atoms with Gasteiger partial charge in [-0.2, -0.15) is 0 Å². The Kier molecular flexibility index (Phi) is 2.35. The molecule has 0 aliphatic rings. The molecule has 0 aliphatic carbocycles. The third-order valence-corrected chi connectivity index (χ3v) is 1.89. The summed E-state index contributed by atoms with van der Waals surface area (Å²) in [5.41, 5.74) is 5.07. The first-order valence-electron chi connectivity index (χ1n) is 3.78. The van der Waals surface area contributed by atoms with Crippen LogP contribution >= 0.6 is 0 Å². The Morgan fingerprint density at radius 1 is 1.33 bits per heavy atom. The van der Waals surface area contributed by atoms with Gasteiger partial charge in [-0.25, -0.2) is 0 Å². The van der Waals surface area contributed by atoms with Crippen LogP contribution in [0.1, 0.15) is 12.5 Å². The van der Waals surface area contributed by atoms with Crippen molar-refractivity contribution in [3.05, 3.63) is 29.8 Å². The molecule has 66 valence electrons. The van der Waals surface area contributed by atoms with Crippen molar-refractivity contribution < 1.29 is 10.2 Å². The van der Waals surface area contributed by atoms with Crippen LogP contribution in [0.4, 0.5) is 0 Å². The summed E-state index contributed by atoms with van der Waals surface area (Å²) in [5, 5.41) is 18.7. The quantitative estimate of drug-likeness (QED) is 0.603. The van der Waals surface area contributed by atoms with Gasteiger partial charge in [0.15, 0.2) is 0 Å². The minimum atomic E-state index is -1.01. The van der Waals surface area contributed by atoms with Gasteiger partial charge in [-0.3, -0.25) is 0 Å². The van der Waals surface area contributed by atoms with Crippen LogP contribution in [0.3, 0.4) is 0 Å². The van der Waals surface area contributed by atoms with E-state index in [4.69, 9.17) is 10.8 Å². The van der Waals surface area contributed by atoms with E-state index in [9.17, 15) is 5.11 Å². The number of phenolic OH excluding ortho intramolecular Hbond substituents is 1. The summed E-state index contributed by atoms with van der Waals surface area (Å²) in [4.78, 5) is 0. The largest absolute Gasteiger partial charge is 0.508 e. The fraction of sp³-hybridized carbons (Fsp3) is 0.333. The van der Waals surface area contributed by atoms with Gasteiger partial charge < -0.3 is 15.9 Å². The average Bonchev–Trinajstić information content (AvgIpc) is 2.05. The number of hydrogen-bond acceptors (Lipinski definition) is 3. The molecule has 1 atom stereocenters. The Bertz CT molecular complexity index is 254. The van der Waals surface area contributed by atoms with Crippen LogP contribution in [-0.2, 0) is 5.60 Å². The van der Waals surface area contributed by atoms with Crippen molar-refractivity contribution in [2.45, 2.75) is 12.5 Å². The summed E-state index contributed by atoms with van der Waals surface area (Å²) < 4.78 is 0. The second-order valence-corrected chi connectivity index (χ2v) is 3.02. The van der Waals surface area contributed by atoms with E-state index in [1.807, 2.05) is 0 Å². The average molecular weight is 167 g/mol. The Hall–Kier alpha value is -1.06. The van der Waals surface area contributed by atoms with Crippen molar-refractivity contribution in [3.8, 4) is 5.75 Å². The highest BCUT2D eigenvalue weighted by molar-refractivity contribution is 5.29. The van der Waals surface area contributed by atoms with Crippen LogP contribution in [0, 0.1) is 0 Å². The molecule has 3 nitrogen and oxygen atoms in total. The fourth-order valence-electron chi connectivity index (χ4n) is 0.938. The Balaban J connectivity index is 2.96. The number of aliphatic hydroxyl groups is 1. The van der Waals surface area contributed by atoms with Gasteiger partial charge in [0, 0.05) is 6.54 Å². The van der Waals surface area contributed by atoms with Crippen LogP contribution in [-0.4, -0.2) is 16.8 Å². The first kappa shape index (κ1) is 9.03. The molecule has 0 saturated heterocycles. The normalized spacial score (nSPS) is 15.6. The van der Waals surface area contributed by atoms with E-state index in [1.54, 1.807) is 19.1 Å². The zero-order valence-corrected chi connectivity index (χ0v) is 6.99. The van der Waals surface area contributed by atoms with E-state index in [-0.39, 0.29) is 12.3 Å². The highest BCUT2D eigenvalue weighted by atomic mass is 16.3. The molecule has 0 aliphatic heterocycles. The van der Waals surface area contributed by atoms with Gasteiger partial charge in [0.25, 0.3) is 0 Å². The van der Waals surface area contributed by atoms with Crippen molar-refractivity contribution in [1.29, 1.82) is 0 Å². The number of hydrogen-bond donors (Lipinski definition) is 3. The molecule has 0 fully saturated rings. The minimum Gasteiger partial charge on any atom is -0.508 e. The SMILES string of the molecule is CC(O)(CN)c1ccc(O)cc1. The molecule has 12 heavy (non-hydrogen) atoms. The lowest BCUT2D eigenvalue weighted by atomic mass is 9.96. The van der Waals surface area contributed by atoms with Gasteiger partial charge in [-0.1, -0.05) is 12.1 Å². The van der Waals surface area contributed by atoms with Gasteiger partial charge in [-0.15, -0.1) is 0 Å². The fourth-order valence-corrected chi connectivity index (χ4v) is 0.938. The molecule has 0 heterocycles. The van der Waals surface area contributed by atoms with Crippen LogP contribution in [0.5, 0.6) is 5.75 Å². The van der Waals surface area contributed by atoms with Crippen molar-refractivity contribution in [1.82, 2.24) is 0 Å². The summed E-state index contributed by atoms with van der Waals surface area (Å²) in [6.07, 6.45) is 0. The number of aromatic hydroxyl groups is 1. The predicted octanol–water partition coefficient (Wildman–Crippen LogP) is 0.558. The first-order chi connectivity index (χ1) is 5.56. The van der Waals surface area contributed by atoms with Crippen molar-refractivity contribution >= 4 is 0 Å². The molecular formula is C9H13NO2. The Labute approximate surface area is 71.5 Å². The molecule has 0 aromatic heterocycles. The highest BCUT2D eigenvalue weighted by Crippen LogP contribution is 2.20. The van der Waals surface area contributed by atoms with E-state index < -0.39 is 5.60 Å². The second kappa shape index (κ2) is 3.13. The zero-order chi connectivity index (χ0) is 9.19. The predicted molar refractivity (Wildman–Crippen MR) is 46.7 cm³/mol.